The Morgan fingerprint density at radius 3 is 2.03 bits per heavy atom. The third kappa shape index (κ3) is 7.21. The Hall–Kier alpha value is -3.39. The van der Waals surface area contributed by atoms with Gasteiger partial charge in [0.25, 0.3) is 0 Å². The molecule has 160 valence electrons. The van der Waals surface area contributed by atoms with E-state index in [2.05, 4.69) is 10.6 Å². The van der Waals surface area contributed by atoms with Crippen LogP contribution in [0.2, 0.25) is 0 Å². The van der Waals surface area contributed by atoms with Crippen LogP contribution in [-0.4, -0.2) is 48.4 Å². The molecular weight excluding hydrogens is 388 g/mol. The largest absolute Gasteiger partial charge is 0.467 e. The second-order valence-electron chi connectivity index (χ2n) is 6.70. The SMILES string of the molecule is COC(=O)[C@H](Cc1ccccc1)NC(=O)[C@@H](NC(=O)OCc1ccccc1)[C@H](C)O. The fourth-order valence-electron chi connectivity index (χ4n) is 2.74. The molecule has 2 aromatic carbocycles. The molecule has 3 N–H and O–H groups in total. The number of benzene rings is 2. The quantitative estimate of drug-likeness (QED) is 0.537. The Labute approximate surface area is 175 Å². The first kappa shape index (κ1) is 22.9. The van der Waals surface area contributed by atoms with Gasteiger partial charge in [-0.2, -0.15) is 0 Å². The number of aliphatic hydroxyl groups is 1. The van der Waals surface area contributed by atoms with E-state index >= 15 is 0 Å². The molecule has 2 rings (SSSR count). The maximum Gasteiger partial charge on any atom is 0.408 e. The molecule has 2 amide bonds. The zero-order chi connectivity index (χ0) is 21.9. The standard InChI is InChI=1S/C22H26N2O6/c1-15(25)19(24-22(28)30-14-17-11-7-4-8-12-17)20(26)23-18(21(27)29-2)13-16-9-5-3-6-10-16/h3-12,15,18-19,25H,13-14H2,1-2H3,(H,23,26)(H,24,28)/t15-,18-,19-/m0/s1. The summed E-state index contributed by atoms with van der Waals surface area (Å²) in [6, 6.07) is 15.8. The van der Waals surface area contributed by atoms with Crippen LogP contribution in [0.15, 0.2) is 60.7 Å². The highest BCUT2D eigenvalue weighted by molar-refractivity contribution is 5.90. The molecule has 0 aliphatic rings. The van der Waals surface area contributed by atoms with Gasteiger partial charge in [-0.05, 0) is 18.1 Å². The number of alkyl carbamates (subject to hydrolysis) is 1. The number of ether oxygens (including phenoxy) is 2. The summed E-state index contributed by atoms with van der Waals surface area (Å²) in [5.41, 5.74) is 1.59. The molecule has 8 nitrogen and oxygen atoms in total. The molecule has 30 heavy (non-hydrogen) atoms. The van der Waals surface area contributed by atoms with E-state index in [4.69, 9.17) is 9.47 Å². The lowest BCUT2D eigenvalue weighted by molar-refractivity contribution is -0.145. The summed E-state index contributed by atoms with van der Waals surface area (Å²) in [7, 11) is 1.22. The summed E-state index contributed by atoms with van der Waals surface area (Å²) in [6.45, 7) is 1.37. The number of hydrogen-bond acceptors (Lipinski definition) is 6. The van der Waals surface area contributed by atoms with Gasteiger partial charge in [-0.1, -0.05) is 60.7 Å². The number of carbonyl (C=O) groups is 3. The number of aliphatic hydroxyl groups excluding tert-OH is 1. The summed E-state index contributed by atoms with van der Waals surface area (Å²) < 4.78 is 9.86. The highest BCUT2D eigenvalue weighted by atomic mass is 16.5. The lowest BCUT2D eigenvalue weighted by atomic mass is 10.0. The van der Waals surface area contributed by atoms with Crippen LogP contribution in [0.4, 0.5) is 4.79 Å². The molecule has 0 aromatic heterocycles. The predicted octanol–water partition coefficient (Wildman–Crippen LogP) is 1.56. The molecule has 8 heteroatoms. The second-order valence-corrected chi connectivity index (χ2v) is 6.70. The minimum absolute atomic E-state index is 0.0135. The maximum absolute atomic E-state index is 12.7. The molecule has 0 fully saturated rings. The maximum atomic E-state index is 12.7. The second kappa shape index (κ2) is 11.6. The smallest absolute Gasteiger partial charge is 0.408 e. The van der Waals surface area contributed by atoms with Gasteiger partial charge in [0, 0.05) is 6.42 Å². The summed E-state index contributed by atoms with van der Waals surface area (Å²) in [4.78, 5) is 36.9. The van der Waals surface area contributed by atoms with Gasteiger partial charge >= 0.3 is 12.1 Å². The normalized spacial score (nSPS) is 13.4. The fraction of sp³-hybridized carbons (Fsp3) is 0.318. The summed E-state index contributed by atoms with van der Waals surface area (Å²) >= 11 is 0. The zero-order valence-corrected chi connectivity index (χ0v) is 16.9. The van der Waals surface area contributed by atoms with Crippen LogP contribution < -0.4 is 10.6 Å². The summed E-state index contributed by atoms with van der Waals surface area (Å²) in [6.07, 6.45) is -1.88. The van der Waals surface area contributed by atoms with E-state index in [-0.39, 0.29) is 13.0 Å². The Morgan fingerprint density at radius 1 is 0.933 bits per heavy atom. The van der Waals surface area contributed by atoms with Crippen molar-refractivity contribution in [3.63, 3.8) is 0 Å². The fourth-order valence-corrected chi connectivity index (χ4v) is 2.74. The minimum Gasteiger partial charge on any atom is -0.467 e. The molecule has 0 unspecified atom stereocenters. The van der Waals surface area contributed by atoms with E-state index in [1.54, 1.807) is 12.1 Å². The van der Waals surface area contributed by atoms with Crippen LogP contribution in [0.5, 0.6) is 0 Å². The van der Waals surface area contributed by atoms with Crippen LogP contribution in [0.3, 0.4) is 0 Å². The van der Waals surface area contributed by atoms with Crippen LogP contribution >= 0.6 is 0 Å². The van der Waals surface area contributed by atoms with Gasteiger partial charge in [0.2, 0.25) is 5.91 Å². The van der Waals surface area contributed by atoms with Gasteiger partial charge in [-0.15, -0.1) is 0 Å². The van der Waals surface area contributed by atoms with Crippen LogP contribution in [0.1, 0.15) is 18.1 Å². The molecule has 0 saturated heterocycles. The highest BCUT2D eigenvalue weighted by Crippen LogP contribution is 2.06. The number of nitrogens with one attached hydrogen (secondary N) is 2. The van der Waals surface area contributed by atoms with E-state index < -0.39 is 36.2 Å². The van der Waals surface area contributed by atoms with Crippen molar-refractivity contribution in [2.24, 2.45) is 0 Å². The van der Waals surface area contributed by atoms with E-state index in [1.807, 2.05) is 48.5 Å². The van der Waals surface area contributed by atoms with E-state index in [0.717, 1.165) is 11.1 Å². The number of carbonyl (C=O) groups excluding carboxylic acids is 3. The van der Waals surface area contributed by atoms with Gasteiger partial charge in [0.05, 0.1) is 13.2 Å². The lowest BCUT2D eigenvalue weighted by Gasteiger charge is -2.23. The number of hydrogen-bond donors (Lipinski definition) is 3. The molecular formula is C22H26N2O6. The molecule has 0 spiro atoms. The van der Waals surface area contributed by atoms with Crippen LogP contribution in [0.25, 0.3) is 0 Å². The average Bonchev–Trinajstić information content (AvgIpc) is 2.76. The van der Waals surface area contributed by atoms with Crippen molar-refractivity contribution in [2.45, 2.75) is 38.1 Å². The molecule has 2 aromatic rings. The predicted molar refractivity (Wildman–Crippen MR) is 109 cm³/mol. The van der Waals surface area contributed by atoms with Crippen LogP contribution in [0, 0.1) is 0 Å². The Morgan fingerprint density at radius 2 is 1.50 bits per heavy atom. The summed E-state index contributed by atoms with van der Waals surface area (Å²) in [5.74, 6) is -1.36. The first-order chi connectivity index (χ1) is 14.4. The Kier molecular flexibility index (Phi) is 8.83. The minimum atomic E-state index is -1.31. The third-order valence-electron chi connectivity index (χ3n) is 4.34. The molecule has 0 saturated carbocycles. The average molecular weight is 414 g/mol. The Bertz CT molecular complexity index is 826. The van der Waals surface area contributed by atoms with Crippen LogP contribution in [-0.2, 0) is 32.1 Å². The van der Waals surface area contributed by atoms with Gasteiger partial charge in [0.15, 0.2) is 0 Å². The van der Waals surface area contributed by atoms with Crippen molar-refractivity contribution >= 4 is 18.0 Å². The molecule has 0 heterocycles. The number of methoxy groups -OCH3 is 1. The van der Waals surface area contributed by atoms with Gasteiger partial charge < -0.3 is 25.2 Å². The van der Waals surface area contributed by atoms with Crippen molar-refractivity contribution < 1.29 is 29.0 Å². The van der Waals surface area contributed by atoms with E-state index in [0.29, 0.717) is 0 Å². The number of rotatable bonds is 9. The van der Waals surface area contributed by atoms with Crippen molar-refractivity contribution in [1.82, 2.24) is 10.6 Å². The number of amides is 2. The monoisotopic (exact) mass is 414 g/mol. The van der Waals surface area contributed by atoms with Crippen molar-refractivity contribution in [3.05, 3.63) is 71.8 Å². The van der Waals surface area contributed by atoms with Gasteiger partial charge in [-0.3, -0.25) is 4.79 Å². The highest BCUT2D eigenvalue weighted by Gasteiger charge is 2.30. The van der Waals surface area contributed by atoms with E-state index in [1.165, 1.54) is 14.0 Å². The third-order valence-corrected chi connectivity index (χ3v) is 4.34. The Balaban J connectivity index is 1.99. The molecule has 3 atom stereocenters. The molecule has 0 aliphatic heterocycles. The first-order valence-corrected chi connectivity index (χ1v) is 9.48. The van der Waals surface area contributed by atoms with Gasteiger partial charge in [0.1, 0.15) is 18.7 Å². The molecule has 0 bridgehead atoms. The first-order valence-electron chi connectivity index (χ1n) is 9.48. The summed E-state index contributed by atoms with van der Waals surface area (Å²) in [5, 5.41) is 14.8. The van der Waals surface area contributed by atoms with E-state index in [9.17, 15) is 19.5 Å². The van der Waals surface area contributed by atoms with Crippen molar-refractivity contribution in [3.8, 4) is 0 Å². The lowest BCUT2D eigenvalue weighted by Crippen LogP contribution is -2.56. The van der Waals surface area contributed by atoms with Crippen molar-refractivity contribution in [2.75, 3.05) is 7.11 Å². The van der Waals surface area contributed by atoms with Crippen molar-refractivity contribution in [1.29, 1.82) is 0 Å². The zero-order valence-electron chi connectivity index (χ0n) is 16.9. The molecule has 0 aliphatic carbocycles. The molecule has 0 radical (unpaired) electrons. The van der Waals surface area contributed by atoms with Gasteiger partial charge in [-0.25, -0.2) is 9.59 Å². The number of esters is 1. The topological polar surface area (TPSA) is 114 Å².